The lowest BCUT2D eigenvalue weighted by molar-refractivity contribution is -0.384. The van der Waals surface area contributed by atoms with Crippen molar-refractivity contribution in [2.24, 2.45) is 0 Å². The van der Waals surface area contributed by atoms with Crippen LogP contribution in [0.5, 0.6) is 0 Å². The van der Waals surface area contributed by atoms with Gasteiger partial charge in [0.1, 0.15) is 5.69 Å². The summed E-state index contributed by atoms with van der Waals surface area (Å²) in [6.45, 7) is 7.20. The Balaban J connectivity index is 1.63. The highest BCUT2D eigenvalue weighted by Crippen LogP contribution is 2.29. The fraction of sp³-hybridized carbons (Fsp3) is 0.625. The van der Waals surface area contributed by atoms with Crippen LogP contribution in [0.2, 0.25) is 0 Å². The lowest BCUT2D eigenvalue weighted by Crippen LogP contribution is -2.52. The second-order valence-corrected chi connectivity index (χ2v) is 6.29. The summed E-state index contributed by atoms with van der Waals surface area (Å²) >= 11 is 0. The number of piperazine rings is 1. The number of morpholine rings is 1. The molecule has 1 aromatic carbocycles. The summed E-state index contributed by atoms with van der Waals surface area (Å²) in [6.07, 6.45) is 0.104. The molecule has 1 unspecified atom stereocenters. The summed E-state index contributed by atoms with van der Waals surface area (Å²) in [5.74, 6) is 0. The number of rotatable bonds is 4. The van der Waals surface area contributed by atoms with E-state index in [4.69, 9.17) is 4.74 Å². The number of anilines is 1. The standard InChI is InChI=1S/C16H24N4O3/c1-17-6-8-18(9-7-17)12-14-13-19(10-11-23-14)15-4-2-3-5-16(15)20(21)22/h2-5,14H,6-13H2,1H3. The predicted octanol–water partition coefficient (Wildman–Crippen LogP) is 1.05. The zero-order valence-electron chi connectivity index (χ0n) is 13.6. The maximum atomic E-state index is 11.2. The summed E-state index contributed by atoms with van der Waals surface area (Å²) in [5.41, 5.74) is 0.872. The Labute approximate surface area is 136 Å². The first-order chi connectivity index (χ1) is 11.1. The van der Waals surface area contributed by atoms with E-state index in [0.29, 0.717) is 25.4 Å². The van der Waals surface area contributed by atoms with E-state index >= 15 is 0 Å². The molecule has 0 aromatic heterocycles. The SMILES string of the molecule is CN1CCN(CC2CN(c3ccccc3[N+](=O)[O-])CCO2)CC1. The highest BCUT2D eigenvalue weighted by Gasteiger charge is 2.27. The molecule has 0 N–H and O–H groups in total. The van der Waals surface area contributed by atoms with E-state index in [2.05, 4.69) is 21.7 Å². The molecule has 1 aromatic rings. The topological polar surface area (TPSA) is 62.1 Å². The Morgan fingerprint density at radius 1 is 1.22 bits per heavy atom. The molecule has 126 valence electrons. The van der Waals surface area contributed by atoms with Crippen LogP contribution >= 0.6 is 0 Å². The molecular formula is C16H24N4O3. The van der Waals surface area contributed by atoms with Gasteiger partial charge >= 0.3 is 0 Å². The molecule has 0 amide bonds. The summed E-state index contributed by atoms with van der Waals surface area (Å²) < 4.78 is 5.89. The van der Waals surface area contributed by atoms with E-state index in [1.165, 1.54) is 0 Å². The van der Waals surface area contributed by atoms with Crippen LogP contribution in [0.25, 0.3) is 0 Å². The minimum absolute atomic E-state index is 0.104. The van der Waals surface area contributed by atoms with Gasteiger partial charge in [0.25, 0.3) is 5.69 Å². The molecule has 23 heavy (non-hydrogen) atoms. The minimum Gasteiger partial charge on any atom is -0.373 e. The third-order valence-corrected chi connectivity index (χ3v) is 4.62. The Morgan fingerprint density at radius 2 is 1.96 bits per heavy atom. The molecule has 2 saturated heterocycles. The molecule has 2 aliphatic rings. The van der Waals surface area contributed by atoms with Gasteiger partial charge < -0.3 is 14.5 Å². The number of nitrogens with zero attached hydrogens (tertiary/aromatic N) is 4. The highest BCUT2D eigenvalue weighted by molar-refractivity contribution is 5.63. The molecule has 1 atom stereocenters. The molecule has 0 bridgehead atoms. The van der Waals surface area contributed by atoms with Gasteiger partial charge in [-0.25, -0.2) is 0 Å². The van der Waals surface area contributed by atoms with Crippen molar-refractivity contribution in [3.05, 3.63) is 34.4 Å². The van der Waals surface area contributed by atoms with Gasteiger partial charge in [0.15, 0.2) is 0 Å². The zero-order chi connectivity index (χ0) is 16.2. The van der Waals surface area contributed by atoms with Crippen LogP contribution < -0.4 is 4.90 Å². The van der Waals surface area contributed by atoms with Crippen molar-refractivity contribution in [2.75, 3.05) is 64.4 Å². The van der Waals surface area contributed by atoms with Crippen molar-refractivity contribution in [2.45, 2.75) is 6.10 Å². The van der Waals surface area contributed by atoms with E-state index in [0.717, 1.165) is 32.7 Å². The minimum atomic E-state index is -0.305. The molecule has 0 aliphatic carbocycles. The maximum Gasteiger partial charge on any atom is 0.292 e. The molecule has 7 heteroatoms. The van der Waals surface area contributed by atoms with Gasteiger partial charge in [0, 0.05) is 51.9 Å². The first-order valence-corrected chi connectivity index (χ1v) is 8.14. The Bertz CT molecular complexity index is 546. The maximum absolute atomic E-state index is 11.2. The van der Waals surface area contributed by atoms with Crippen molar-refractivity contribution >= 4 is 11.4 Å². The number of likely N-dealkylation sites (N-methyl/N-ethyl adjacent to an activating group) is 1. The predicted molar refractivity (Wildman–Crippen MR) is 89.0 cm³/mol. The van der Waals surface area contributed by atoms with Crippen LogP contribution in [-0.2, 0) is 4.74 Å². The second-order valence-electron chi connectivity index (χ2n) is 6.29. The van der Waals surface area contributed by atoms with Crippen molar-refractivity contribution < 1.29 is 9.66 Å². The Morgan fingerprint density at radius 3 is 2.70 bits per heavy atom. The number of para-hydroxylation sites is 2. The number of nitro benzene ring substituents is 1. The van der Waals surface area contributed by atoms with Gasteiger partial charge in [-0.2, -0.15) is 0 Å². The first kappa shape index (κ1) is 16.2. The van der Waals surface area contributed by atoms with E-state index in [1.54, 1.807) is 12.1 Å². The summed E-state index contributed by atoms with van der Waals surface area (Å²) in [6, 6.07) is 6.97. The number of nitro groups is 1. The molecular weight excluding hydrogens is 296 g/mol. The van der Waals surface area contributed by atoms with Gasteiger partial charge in [-0.15, -0.1) is 0 Å². The molecule has 3 rings (SSSR count). The molecule has 0 saturated carbocycles. The second kappa shape index (κ2) is 7.25. The van der Waals surface area contributed by atoms with E-state index in [1.807, 2.05) is 12.1 Å². The Kier molecular flexibility index (Phi) is 5.09. The molecule has 2 aliphatic heterocycles. The molecule has 2 heterocycles. The van der Waals surface area contributed by atoms with Crippen molar-refractivity contribution in [3.63, 3.8) is 0 Å². The number of ether oxygens (including phenoxy) is 1. The molecule has 2 fully saturated rings. The third-order valence-electron chi connectivity index (χ3n) is 4.62. The quantitative estimate of drug-likeness (QED) is 0.610. The van der Waals surface area contributed by atoms with Crippen molar-refractivity contribution in [3.8, 4) is 0 Å². The number of hydrogen-bond donors (Lipinski definition) is 0. The highest BCUT2D eigenvalue weighted by atomic mass is 16.6. The average Bonchev–Trinajstić information content (AvgIpc) is 2.57. The van der Waals surface area contributed by atoms with Crippen LogP contribution in [0.3, 0.4) is 0 Å². The van der Waals surface area contributed by atoms with Gasteiger partial charge in [-0.3, -0.25) is 15.0 Å². The normalized spacial score (nSPS) is 23.9. The molecule has 0 spiro atoms. The van der Waals surface area contributed by atoms with Crippen LogP contribution in [0.1, 0.15) is 0 Å². The van der Waals surface area contributed by atoms with Crippen molar-refractivity contribution in [1.82, 2.24) is 9.80 Å². The van der Waals surface area contributed by atoms with E-state index < -0.39 is 0 Å². The number of hydrogen-bond acceptors (Lipinski definition) is 6. The first-order valence-electron chi connectivity index (χ1n) is 8.14. The third kappa shape index (κ3) is 3.99. The van der Waals surface area contributed by atoms with Gasteiger partial charge in [0.05, 0.1) is 17.6 Å². The van der Waals surface area contributed by atoms with Gasteiger partial charge in [-0.05, 0) is 13.1 Å². The van der Waals surface area contributed by atoms with Crippen molar-refractivity contribution in [1.29, 1.82) is 0 Å². The zero-order valence-corrected chi connectivity index (χ0v) is 13.6. The van der Waals surface area contributed by atoms with Crippen LogP contribution in [-0.4, -0.2) is 80.3 Å². The van der Waals surface area contributed by atoms with Gasteiger partial charge in [0.2, 0.25) is 0 Å². The van der Waals surface area contributed by atoms with Crippen LogP contribution in [0, 0.1) is 10.1 Å². The average molecular weight is 320 g/mol. The fourth-order valence-electron chi connectivity index (χ4n) is 3.25. The molecule has 0 radical (unpaired) electrons. The summed E-state index contributed by atoms with van der Waals surface area (Å²) in [5, 5.41) is 11.2. The van der Waals surface area contributed by atoms with E-state index in [-0.39, 0.29) is 16.7 Å². The van der Waals surface area contributed by atoms with Crippen LogP contribution in [0.4, 0.5) is 11.4 Å². The van der Waals surface area contributed by atoms with E-state index in [9.17, 15) is 10.1 Å². The smallest absolute Gasteiger partial charge is 0.292 e. The van der Waals surface area contributed by atoms with Gasteiger partial charge in [-0.1, -0.05) is 12.1 Å². The fourth-order valence-corrected chi connectivity index (χ4v) is 3.25. The summed E-state index contributed by atoms with van der Waals surface area (Å²) in [4.78, 5) is 17.8. The molecule has 7 nitrogen and oxygen atoms in total. The lowest BCUT2D eigenvalue weighted by Gasteiger charge is -2.39. The summed E-state index contributed by atoms with van der Waals surface area (Å²) in [7, 11) is 2.14. The number of benzene rings is 1. The van der Waals surface area contributed by atoms with Crippen LogP contribution in [0.15, 0.2) is 24.3 Å². The monoisotopic (exact) mass is 320 g/mol. The largest absolute Gasteiger partial charge is 0.373 e. The lowest BCUT2D eigenvalue weighted by atomic mass is 10.2. The Hall–Kier alpha value is -1.70.